The van der Waals surface area contributed by atoms with Gasteiger partial charge in [-0.2, -0.15) is 0 Å². The van der Waals surface area contributed by atoms with Gasteiger partial charge in [0.15, 0.2) is 5.82 Å². The van der Waals surface area contributed by atoms with Crippen LogP contribution >= 0.6 is 0 Å². The molecular weight excluding hydrogens is 402 g/mol. The molecule has 1 aliphatic rings. The summed E-state index contributed by atoms with van der Waals surface area (Å²) in [5, 5.41) is 14.5. The van der Waals surface area contributed by atoms with Gasteiger partial charge in [-0.1, -0.05) is 37.6 Å². The molecule has 4 rings (SSSR count). The Bertz CT molecular complexity index is 998. The van der Waals surface area contributed by atoms with Crippen molar-refractivity contribution < 1.29 is 9.53 Å². The summed E-state index contributed by atoms with van der Waals surface area (Å²) in [7, 11) is 0. The van der Waals surface area contributed by atoms with Crippen LogP contribution in [-0.2, 0) is 11.2 Å². The molecule has 0 aliphatic carbocycles. The fourth-order valence-electron chi connectivity index (χ4n) is 3.59. The normalized spacial score (nSPS) is 13.6. The van der Waals surface area contributed by atoms with Gasteiger partial charge in [0.25, 0.3) is 0 Å². The van der Waals surface area contributed by atoms with Crippen molar-refractivity contribution in [1.82, 2.24) is 10.2 Å². The number of amides is 2. The van der Waals surface area contributed by atoms with E-state index in [1.54, 1.807) is 0 Å². The Morgan fingerprint density at radius 3 is 2.16 bits per heavy atom. The second-order valence-electron chi connectivity index (χ2n) is 7.83. The molecule has 166 valence electrons. The lowest BCUT2D eigenvalue weighted by atomic mass is 10.1. The van der Waals surface area contributed by atoms with Gasteiger partial charge in [-0.3, -0.25) is 0 Å². The number of aromatic nitrogens is 2. The standard InChI is InChI=1S/C25H29N5O2/c1-2-3-4-19-5-9-21(10-6-19)26-25(31)27-22-11-7-20(8-12-22)23-13-14-24(29-28-23)30-15-17-32-18-16-30/h5-14H,2-4,15-18H2,1H3,(H2,26,27,31). The fraction of sp³-hybridized carbons (Fsp3) is 0.320. The molecule has 2 aromatic carbocycles. The number of ether oxygens (including phenoxy) is 1. The Hall–Kier alpha value is -3.45. The van der Waals surface area contributed by atoms with Crippen molar-refractivity contribution in [3.63, 3.8) is 0 Å². The minimum atomic E-state index is -0.270. The Kier molecular flexibility index (Phi) is 7.30. The lowest BCUT2D eigenvalue weighted by molar-refractivity contribution is 0.122. The quantitative estimate of drug-likeness (QED) is 0.552. The SMILES string of the molecule is CCCCc1ccc(NC(=O)Nc2ccc(-c3ccc(N4CCOCC4)nn3)cc2)cc1. The third-order valence-corrected chi connectivity index (χ3v) is 5.45. The smallest absolute Gasteiger partial charge is 0.323 e. The zero-order chi connectivity index (χ0) is 22.2. The van der Waals surface area contributed by atoms with Crippen LogP contribution in [0.1, 0.15) is 25.3 Å². The predicted molar refractivity (Wildman–Crippen MR) is 128 cm³/mol. The van der Waals surface area contributed by atoms with Crippen molar-refractivity contribution in [2.75, 3.05) is 41.8 Å². The van der Waals surface area contributed by atoms with E-state index in [0.29, 0.717) is 5.69 Å². The van der Waals surface area contributed by atoms with Crippen molar-refractivity contribution >= 4 is 23.2 Å². The minimum absolute atomic E-state index is 0.270. The van der Waals surface area contributed by atoms with Gasteiger partial charge in [0.2, 0.25) is 0 Å². The number of carbonyl (C=O) groups is 1. The molecule has 1 fully saturated rings. The summed E-state index contributed by atoms with van der Waals surface area (Å²) in [5.74, 6) is 0.866. The summed E-state index contributed by atoms with van der Waals surface area (Å²) in [6, 6.07) is 19.3. The summed E-state index contributed by atoms with van der Waals surface area (Å²) in [5.41, 5.74) is 4.51. The van der Waals surface area contributed by atoms with Crippen molar-refractivity contribution in [2.45, 2.75) is 26.2 Å². The van der Waals surface area contributed by atoms with Crippen LogP contribution in [0.3, 0.4) is 0 Å². The summed E-state index contributed by atoms with van der Waals surface area (Å²) < 4.78 is 5.38. The number of urea groups is 1. The van der Waals surface area contributed by atoms with Crippen molar-refractivity contribution in [1.29, 1.82) is 0 Å². The van der Waals surface area contributed by atoms with E-state index in [0.717, 1.165) is 55.5 Å². The first-order chi connectivity index (χ1) is 15.7. The molecule has 1 aromatic heterocycles. The lowest BCUT2D eigenvalue weighted by Gasteiger charge is -2.27. The molecule has 2 amide bonds. The largest absolute Gasteiger partial charge is 0.378 e. The number of benzene rings is 2. The van der Waals surface area contributed by atoms with Crippen molar-refractivity contribution in [2.24, 2.45) is 0 Å². The molecule has 7 heteroatoms. The predicted octanol–water partition coefficient (Wildman–Crippen LogP) is 4.97. The topological polar surface area (TPSA) is 79.4 Å². The van der Waals surface area contributed by atoms with Crippen LogP contribution in [-0.4, -0.2) is 42.5 Å². The molecule has 0 saturated carbocycles. The average molecular weight is 432 g/mol. The first-order valence-electron chi connectivity index (χ1n) is 11.1. The molecule has 2 heterocycles. The zero-order valence-corrected chi connectivity index (χ0v) is 18.4. The maximum absolute atomic E-state index is 12.3. The highest BCUT2D eigenvalue weighted by atomic mass is 16.5. The van der Waals surface area contributed by atoms with E-state index >= 15 is 0 Å². The zero-order valence-electron chi connectivity index (χ0n) is 18.4. The molecule has 2 N–H and O–H groups in total. The molecule has 3 aromatic rings. The van der Waals surface area contributed by atoms with E-state index in [4.69, 9.17) is 4.74 Å². The summed E-state index contributed by atoms with van der Waals surface area (Å²) >= 11 is 0. The number of nitrogens with zero attached hydrogens (tertiary/aromatic N) is 3. The van der Waals surface area contributed by atoms with Crippen molar-refractivity contribution in [3.05, 3.63) is 66.2 Å². The number of hydrogen-bond acceptors (Lipinski definition) is 5. The number of anilines is 3. The van der Waals surface area contributed by atoms with Gasteiger partial charge < -0.3 is 20.3 Å². The van der Waals surface area contributed by atoms with Crippen LogP contribution in [0.4, 0.5) is 22.0 Å². The van der Waals surface area contributed by atoms with E-state index in [9.17, 15) is 4.79 Å². The highest BCUT2D eigenvalue weighted by Crippen LogP contribution is 2.21. The summed E-state index contributed by atoms with van der Waals surface area (Å²) in [6.45, 7) is 5.28. The minimum Gasteiger partial charge on any atom is -0.378 e. The van der Waals surface area contributed by atoms with Crippen LogP contribution in [0.25, 0.3) is 11.3 Å². The number of hydrogen-bond donors (Lipinski definition) is 2. The molecule has 0 atom stereocenters. The highest BCUT2D eigenvalue weighted by molar-refractivity contribution is 5.99. The molecule has 0 spiro atoms. The van der Waals surface area contributed by atoms with Gasteiger partial charge in [-0.05, 0) is 54.8 Å². The summed E-state index contributed by atoms with van der Waals surface area (Å²) in [6.07, 6.45) is 3.41. The third kappa shape index (κ3) is 5.82. The van der Waals surface area contributed by atoms with Crippen LogP contribution in [0.5, 0.6) is 0 Å². The molecule has 1 saturated heterocycles. The maximum Gasteiger partial charge on any atom is 0.323 e. The first kappa shape index (κ1) is 21.8. The highest BCUT2D eigenvalue weighted by Gasteiger charge is 2.13. The fourth-order valence-corrected chi connectivity index (χ4v) is 3.59. The van der Waals surface area contributed by atoms with Crippen LogP contribution < -0.4 is 15.5 Å². The van der Waals surface area contributed by atoms with Gasteiger partial charge in [0, 0.05) is 30.0 Å². The van der Waals surface area contributed by atoms with E-state index < -0.39 is 0 Å². The molecule has 1 aliphatic heterocycles. The van der Waals surface area contributed by atoms with E-state index in [1.807, 2.05) is 48.5 Å². The van der Waals surface area contributed by atoms with E-state index in [2.05, 4.69) is 44.8 Å². The Labute approximate surface area is 188 Å². The second kappa shape index (κ2) is 10.7. The number of aryl methyl sites for hydroxylation is 1. The van der Waals surface area contributed by atoms with Gasteiger partial charge in [0.05, 0.1) is 18.9 Å². The van der Waals surface area contributed by atoms with Crippen LogP contribution in [0, 0.1) is 0 Å². The van der Waals surface area contributed by atoms with Crippen molar-refractivity contribution in [3.8, 4) is 11.3 Å². The lowest BCUT2D eigenvalue weighted by Crippen LogP contribution is -2.36. The van der Waals surface area contributed by atoms with Gasteiger partial charge >= 0.3 is 6.03 Å². The molecule has 0 unspecified atom stereocenters. The number of carbonyl (C=O) groups excluding carboxylic acids is 1. The second-order valence-corrected chi connectivity index (χ2v) is 7.83. The monoisotopic (exact) mass is 431 g/mol. The average Bonchev–Trinajstić information content (AvgIpc) is 2.85. The summed E-state index contributed by atoms with van der Waals surface area (Å²) in [4.78, 5) is 14.5. The number of nitrogens with one attached hydrogen (secondary N) is 2. The number of rotatable bonds is 7. The molecule has 0 radical (unpaired) electrons. The number of unbranched alkanes of at least 4 members (excludes halogenated alkanes) is 1. The van der Waals surface area contributed by atoms with Crippen LogP contribution in [0.2, 0.25) is 0 Å². The Morgan fingerprint density at radius 2 is 1.56 bits per heavy atom. The van der Waals surface area contributed by atoms with E-state index in [-0.39, 0.29) is 6.03 Å². The van der Waals surface area contributed by atoms with E-state index in [1.165, 1.54) is 18.4 Å². The molecule has 0 bridgehead atoms. The molecule has 32 heavy (non-hydrogen) atoms. The molecular formula is C25H29N5O2. The third-order valence-electron chi connectivity index (χ3n) is 5.45. The van der Waals surface area contributed by atoms with Gasteiger partial charge in [-0.25, -0.2) is 4.79 Å². The Balaban J connectivity index is 1.31. The van der Waals surface area contributed by atoms with Gasteiger partial charge in [-0.15, -0.1) is 10.2 Å². The first-order valence-corrected chi connectivity index (χ1v) is 11.1. The molecule has 7 nitrogen and oxygen atoms in total. The number of morpholine rings is 1. The Morgan fingerprint density at radius 1 is 0.906 bits per heavy atom. The van der Waals surface area contributed by atoms with Gasteiger partial charge in [0.1, 0.15) is 0 Å². The van der Waals surface area contributed by atoms with Crippen LogP contribution in [0.15, 0.2) is 60.7 Å². The maximum atomic E-state index is 12.3.